The standard InChI is InChI=1S/C30H31N9O4/c1-2-41-26-16-20(12-13-25(26)42-19-22-10-7-9-21-8-3-4-11-23(21)22)17-32-34-30(40)27-24(18-38-14-5-6-15-38)33-37-39(27)29-28(31)35-43-36-29/h3-4,7-13,16-17H,2,5-6,14-15,18-19H2,1H3,(H2,31,35)(H,34,40)/b32-17+. The lowest BCUT2D eigenvalue weighted by atomic mass is 10.1. The highest BCUT2D eigenvalue weighted by Crippen LogP contribution is 2.30. The number of carbonyl (C=O) groups excluding carboxylic acids is 1. The van der Waals surface area contributed by atoms with Gasteiger partial charge in [-0.3, -0.25) is 9.69 Å². The molecule has 13 heteroatoms. The number of hydrazone groups is 1. The maximum absolute atomic E-state index is 13.3. The Morgan fingerprint density at radius 3 is 2.72 bits per heavy atom. The van der Waals surface area contributed by atoms with Crippen LogP contribution in [0.5, 0.6) is 11.5 Å². The van der Waals surface area contributed by atoms with Crippen molar-refractivity contribution in [3.8, 4) is 17.3 Å². The molecule has 1 aliphatic heterocycles. The number of nitrogens with zero attached hydrogens (tertiary/aromatic N) is 7. The molecule has 0 radical (unpaired) electrons. The molecule has 0 saturated carbocycles. The maximum Gasteiger partial charge on any atom is 0.292 e. The van der Waals surface area contributed by atoms with Crippen molar-refractivity contribution in [2.45, 2.75) is 32.9 Å². The van der Waals surface area contributed by atoms with Gasteiger partial charge in [0.05, 0.1) is 12.8 Å². The van der Waals surface area contributed by atoms with Crippen LogP contribution < -0.4 is 20.6 Å². The Morgan fingerprint density at radius 2 is 1.91 bits per heavy atom. The minimum atomic E-state index is -0.530. The second-order valence-corrected chi connectivity index (χ2v) is 10.0. The quantitative estimate of drug-likeness (QED) is 0.174. The molecule has 2 aromatic heterocycles. The van der Waals surface area contributed by atoms with Gasteiger partial charge in [-0.25, -0.2) is 10.1 Å². The largest absolute Gasteiger partial charge is 0.490 e. The lowest BCUT2D eigenvalue weighted by Gasteiger charge is -2.14. The summed E-state index contributed by atoms with van der Waals surface area (Å²) in [5.41, 5.74) is 10.8. The zero-order chi connectivity index (χ0) is 29.6. The summed E-state index contributed by atoms with van der Waals surface area (Å²) in [7, 11) is 0. The van der Waals surface area contributed by atoms with Gasteiger partial charge in [0, 0.05) is 6.54 Å². The average molecular weight is 582 g/mol. The summed E-state index contributed by atoms with van der Waals surface area (Å²) in [4.78, 5) is 15.6. The smallest absolute Gasteiger partial charge is 0.292 e. The van der Waals surface area contributed by atoms with Gasteiger partial charge in [0.2, 0.25) is 11.6 Å². The Kier molecular flexibility index (Phi) is 8.22. The SMILES string of the molecule is CCOc1cc(/C=N/NC(=O)c2c(CN3CCCC3)nnn2-c2nonc2N)ccc1OCc1cccc2ccccc12. The van der Waals surface area contributed by atoms with E-state index in [9.17, 15) is 4.79 Å². The Morgan fingerprint density at radius 1 is 1.07 bits per heavy atom. The Balaban J connectivity index is 1.18. The van der Waals surface area contributed by atoms with E-state index in [0.717, 1.165) is 42.3 Å². The van der Waals surface area contributed by atoms with E-state index < -0.39 is 5.91 Å². The molecule has 3 heterocycles. The van der Waals surface area contributed by atoms with Crippen LogP contribution >= 0.6 is 0 Å². The van der Waals surface area contributed by atoms with Crippen LogP contribution in [-0.2, 0) is 13.2 Å². The molecule has 3 aromatic carbocycles. The van der Waals surface area contributed by atoms with Gasteiger partial charge in [0.25, 0.3) is 5.91 Å². The van der Waals surface area contributed by atoms with E-state index in [1.807, 2.05) is 43.3 Å². The van der Waals surface area contributed by atoms with Crippen molar-refractivity contribution in [1.82, 2.24) is 35.6 Å². The summed E-state index contributed by atoms with van der Waals surface area (Å²) in [6.07, 6.45) is 3.71. The van der Waals surface area contributed by atoms with Crippen molar-refractivity contribution < 1.29 is 18.9 Å². The van der Waals surface area contributed by atoms with Gasteiger partial charge in [0.1, 0.15) is 12.3 Å². The molecule has 3 N–H and O–H groups in total. The molecule has 220 valence electrons. The van der Waals surface area contributed by atoms with Crippen LogP contribution in [0.25, 0.3) is 16.6 Å². The van der Waals surface area contributed by atoms with Gasteiger partial charge in [-0.05, 0) is 83.3 Å². The number of nitrogens with two attached hydrogens (primary N) is 1. The number of amides is 1. The van der Waals surface area contributed by atoms with Gasteiger partial charge < -0.3 is 15.2 Å². The van der Waals surface area contributed by atoms with E-state index >= 15 is 0 Å². The van der Waals surface area contributed by atoms with Crippen LogP contribution in [0, 0.1) is 0 Å². The number of anilines is 1. The number of aromatic nitrogens is 5. The number of rotatable bonds is 11. The van der Waals surface area contributed by atoms with E-state index in [1.165, 1.54) is 10.9 Å². The van der Waals surface area contributed by atoms with Crippen molar-refractivity contribution in [2.75, 3.05) is 25.4 Å². The summed E-state index contributed by atoms with van der Waals surface area (Å²) in [6, 6.07) is 19.8. The molecule has 43 heavy (non-hydrogen) atoms. The fourth-order valence-electron chi connectivity index (χ4n) is 5.07. The van der Waals surface area contributed by atoms with Gasteiger partial charge in [0.15, 0.2) is 17.2 Å². The predicted octanol–water partition coefficient (Wildman–Crippen LogP) is 3.72. The molecular formula is C30H31N9O4. The third kappa shape index (κ3) is 6.16. The number of hydrogen-bond acceptors (Lipinski definition) is 11. The fourth-order valence-corrected chi connectivity index (χ4v) is 5.07. The first kappa shape index (κ1) is 27.8. The topological polar surface area (TPSA) is 159 Å². The summed E-state index contributed by atoms with van der Waals surface area (Å²) in [6.45, 7) is 5.04. The molecule has 6 rings (SSSR count). The highest BCUT2D eigenvalue weighted by Gasteiger charge is 2.27. The van der Waals surface area contributed by atoms with Crippen LogP contribution in [0.4, 0.5) is 5.82 Å². The average Bonchev–Trinajstić information content (AvgIpc) is 3.79. The van der Waals surface area contributed by atoms with Crippen LogP contribution in [-0.4, -0.2) is 62.0 Å². The molecule has 5 aromatic rings. The highest BCUT2D eigenvalue weighted by molar-refractivity contribution is 5.95. The number of benzene rings is 3. The Hall–Kier alpha value is -5.30. The molecule has 0 atom stereocenters. The van der Waals surface area contributed by atoms with Crippen molar-refractivity contribution in [3.05, 3.63) is 83.2 Å². The first-order chi connectivity index (χ1) is 21.1. The first-order valence-corrected chi connectivity index (χ1v) is 14.1. The van der Waals surface area contributed by atoms with Gasteiger partial charge in [-0.15, -0.1) is 5.10 Å². The van der Waals surface area contributed by atoms with Crippen LogP contribution in [0.15, 0.2) is 70.4 Å². The first-order valence-electron chi connectivity index (χ1n) is 14.1. The highest BCUT2D eigenvalue weighted by atomic mass is 16.6. The van der Waals surface area contributed by atoms with Crippen molar-refractivity contribution >= 4 is 28.7 Å². The zero-order valence-corrected chi connectivity index (χ0v) is 23.6. The molecular weight excluding hydrogens is 550 g/mol. The van der Waals surface area contributed by atoms with Crippen molar-refractivity contribution in [1.29, 1.82) is 0 Å². The van der Waals surface area contributed by atoms with E-state index in [1.54, 1.807) is 0 Å². The van der Waals surface area contributed by atoms with Gasteiger partial charge >= 0.3 is 0 Å². The number of likely N-dealkylation sites (tertiary alicyclic amines) is 1. The van der Waals surface area contributed by atoms with E-state index in [4.69, 9.17) is 19.8 Å². The van der Waals surface area contributed by atoms with E-state index in [2.05, 4.69) is 60.3 Å². The zero-order valence-electron chi connectivity index (χ0n) is 23.6. The summed E-state index contributed by atoms with van der Waals surface area (Å²) >= 11 is 0. The summed E-state index contributed by atoms with van der Waals surface area (Å²) < 4.78 is 18.0. The number of ether oxygens (including phenoxy) is 2. The Labute approximate surface area is 247 Å². The van der Waals surface area contributed by atoms with Crippen molar-refractivity contribution in [2.24, 2.45) is 5.10 Å². The number of fused-ring (bicyclic) bond motifs is 1. The number of nitrogen functional groups attached to an aromatic ring is 1. The number of nitrogens with one attached hydrogen (secondary N) is 1. The van der Waals surface area contributed by atoms with Gasteiger partial charge in [-0.1, -0.05) is 47.7 Å². The van der Waals surface area contributed by atoms with Crippen LogP contribution in [0.2, 0.25) is 0 Å². The molecule has 1 saturated heterocycles. The van der Waals surface area contributed by atoms with Gasteiger partial charge in [-0.2, -0.15) is 9.78 Å². The lowest BCUT2D eigenvalue weighted by Crippen LogP contribution is -2.26. The van der Waals surface area contributed by atoms with Crippen LogP contribution in [0.3, 0.4) is 0 Å². The Bertz CT molecular complexity index is 1750. The number of hydrogen-bond donors (Lipinski definition) is 2. The molecule has 0 unspecified atom stereocenters. The summed E-state index contributed by atoms with van der Waals surface area (Å²) in [5.74, 6) is 0.715. The predicted molar refractivity (Wildman–Crippen MR) is 159 cm³/mol. The molecule has 1 fully saturated rings. The molecule has 1 aliphatic rings. The lowest BCUT2D eigenvalue weighted by molar-refractivity contribution is 0.0945. The van der Waals surface area contributed by atoms with Crippen molar-refractivity contribution in [3.63, 3.8) is 0 Å². The van der Waals surface area contributed by atoms with Crippen LogP contribution in [0.1, 0.15) is 47.1 Å². The van der Waals surface area contributed by atoms with E-state index in [-0.39, 0.29) is 17.3 Å². The fraction of sp³-hybridized carbons (Fsp3) is 0.267. The molecule has 0 aliphatic carbocycles. The monoisotopic (exact) mass is 581 g/mol. The third-order valence-corrected chi connectivity index (χ3v) is 7.13. The molecule has 0 bridgehead atoms. The normalized spacial score (nSPS) is 13.6. The second kappa shape index (κ2) is 12.7. The third-order valence-electron chi connectivity index (χ3n) is 7.13. The molecule has 13 nitrogen and oxygen atoms in total. The summed E-state index contributed by atoms with van der Waals surface area (Å²) in [5, 5.41) is 22.2. The van der Waals surface area contributed by atoms with E-state index in [0.29, 0.717) is 42.5 Å². The molecule has 0 spiro atoms. The minimum Gasteiger partial charge on any atom is -0.490 e. The molecule has 1 amide bonds. The minimum absolute atomic E-state index is 0.0126. The second-order valence-electron chi connectivity index (χ2n) is 10.0. The number of carbonyl (C=O) groups is 1. The maximum atomic E-state index is 13.3.